The van der Waals surface area contributed by atoms with E-state index in [1.807, 2.05) is 0 Å². The van der Waals surface area contributed by atoms with Gasteiger partial charge < -0.3 is 21.7 Å². The fourth-order valence-electron chi connectivity index (χ4n) is 2.68. The van der Waals surface area contributed by atoms with Gasteiger partial charge in [0, 0.05) is 23.0 Å². The van der Waals surface area contributed by atoms with Crippen molar-refractivity contribution in [1.29, 1.82) is 0 Å². The number of nitrogens with one attached hydrogen (secondary N) is 4. The Kier molecular flexibility index (Phi) is 5.88. The van der Waals surface area contributed by atoms with Crippen molar-refractivity contribution < 1.29 is 24.0 Å². The number of nitrogens with two attached hydrogens (primary N) is 1. The number of carbonyl (C=O) groups is 5. The summed E-state index contributed by atoms with van der Waals surface area (Å²) in [6.07, 6.45) is -0.179. The standard InChI is InChI=1S/C18H17N5O5S/c19-15(25)11-7-29-8-12(11)16(26)21-10-3-1-2-9(4-10)6-20-14(24)5-13-17(27)23-18(28)22-13/h1-4,7-8,13H,5-6H2,(H2,19,25)(H,20,24)(H,21,26)(H2,22,23,27,28)/t13-/m0/s1. The van der Waals surface area contributed by atoms with Crippen molar-refractivity contribution in [2.24, 2.45) is 5.73 Å². The predicted molar refractivity (Wildman–Crippen MR) is 104 cm³/mol. The van der Waals surface area contributed by atoms with Gasteiger partial charge in [0.05, 0.1) is 17.5 Å². The van der Waals surface area contributed by atoms with Crippen LogP contribution in [0.15, 0.2) is 35.0 Å². The maximum absolute atomic E-state index is 12.4. The summed E-state index contributed by atoms with van der Waals surface area (Å²) in [6.45, 7) is 0.163. The molecule has 0 unspecified atom stereocenters. The zero-order valence-corrected chi connectivity index (χ0v) is 15.8. The maximum Gasteiger partial charge on any atom is 0.322 e. The molecular weight excluding hydrogens is 398 g/mol. The van der Waals surface area contributed by atoms with Gasteiger partial charge in [-0.1, -0.05) is 12.1 Å². The first-order chi connectivity index (χ1) is 13.8. The molecule has 1 aliphatic rings. The van der Waals surface area contributed by atoms with Crippen molar-refractivity contribution in [3.8, 4) is 0 Å². The topological polar surface area (TPSA) is 159 Å². The highest BCUT2D eigenvalue weighted by Gasteiger charge is 2.31. The number of thiophene rings is 1. The van der Waals surface area contributed by atoms with E-state index in [0.29, 0.717) is 11.3 Å². The number of benzene rings is 1. The SMILES string of the molecule is NC(=O)c1cscc1C(=O)Nc1cccc(CNC(=O)C[C@@H]2NC(=O)NC2=O)c1. The molecule has 3 rings (SSSR count). The molecule has 29 heavy (non-hydrogen) atoms. The first-order valence-electron chi connectivity index (χ1n) is 8.48. The van der Waals surface area contributed by atoms with Gasteiger partial charge in [0.1, 0.15) is 6.04 Å². The minimum atomic E-state index is -0.891. The van der Waals surface area contributed by atoms with E-state index in [1.54, 1.807) is 24.3 Å². The first-order valence-corrected chi connectivity index (χ1v) is 9.42. The van der Waals surface area contributed by atoms with E-state index in [0.717, 1.165) is 0 Å². The van der Waals surface area contributed by atoms with Crippen molar-refractivity contribution in [2.75, 3.05) is 5.32 Å². The Hall–Kier alpha value is -3.73. The van der Waals surface area contributed by atoms with Gasteiger partial charge in [-0.05, 0) is 17.7 Å². The van der Waals surface area contributed by atoms with Crippen molar-refractivity contribution in [2.45, 2.75) is 19.0 Å². The molecule has 6 N–H and O–H groups in total. The fourth-order valence-corrected chi connectivity index (χ4v) is 3.50. The largest absolute Gasteiger partial charge is 0.366 e. The minimum absolute atomic E-state index is 0.152. The van der Waals surface area contributed by atoms with Gasteiger partial charge in [0.2, 0.25) is 11.8 Å². The number of anilines is 1. The monoisotopic (exact) mass is 415 g/mol. The third-order valence-electron chi connectivity index (χ3n) is 4.09. The van der Waals surface area contributed by atoms with Crippen molar-refractivity contribution >= 4 is 46.7 Å². The molecule has 1 atom stereocenters. The number of imide groups is 1. The van der Waals surface area contributed by atoms with Crippen molar-refractivity contribution in [1.82, 2.24) is 16.0 Å². The molecule has 0 bridgehead atoms. The number of hydrogen-bond donors (Lipinski definition) is 5. The van der Waals surface area contributed by atoms with E-state index in [4.69, 9.17) is 5.73 Å². The lowest BCUT2D eigenvalue weighted by atomic mass is 10.1. The lowest BCUT2D eigenvalue weighted by molar-refractivity contribution is -0.126. The van der Waals surface area contributed by atoms with Crippen LogP contribution in [0, 0.1) is 0 Å². The molecule has 1 aromatic heterocycles. The van der Waals surface area contributed by atoms with E-state index in [-0.39, 0.29) is 24.1 Å². The van der Waals surface area contributed by atoms with Crippen LogP contribution in [-0.4, -0.2) is 35.7 Å². The second-order valence-electron chi connectivity index (χ2n) is 6.21. The Morgan fingerprint density at radius 2 is 1.90 bits per heavy atom. The van der Waals surface area contributed by atoms with Crippen LogP contribution >= 0.6 is 11.3 Å². The molecule has 0 aliphatic carbocycles. The number of primary amides is 1. The lowest BCUT2D eigenvalue weighted by Gasteiger charge is -2.10. The summed E-state index contributed by atoms with van der Waals surface area (Å²) in [4.78, 5) is 58.3. The van der Waals surface area contributed by atoms with Crippen LogP contribution in [0.1, 0.15) is 32.7 Å². The van der Waals surface area contributed by atoms with Gasteiger partial charge >= 0.3 is 6.03 Å². The van der Waals surface area contributed by atoms with Crippen LogP contribution < -0.4 is 27.0 Å². The zero-order chi connectivity index (χ0) is 21.0. The Morgan fingerprint density at radius 3 is 2.59 bits per heavy atom. The van der Waals surface area contributed by atoms with Crippen LogP contribution in [-0.2, 0) is 16.1 Å². The summed E-state index contributed by atoms with van der Waals surface area (Å²) in [5.74, 6) is -2.10. The average molecular weight is 415 g/mol. The molecule has 150 valence electrons. The van der Waals surface area contributed by atoms with Crippen molar-refractivity contribution in [3.05, 3.63) is 51.7 Å². The molecule has 6 amide bonds. The summed E-state index contributed by atoms with van der Waals surface area (Å²) in [5, 5.41) is 12.8. The molecule has 11 heteroatoms. The summed E-state index contributed by atoms with van der Waals surface area (Å²) < 4.78 is 0. The summed E-state index contributed by atoms with van der Waals surface area (Å²) in [6, 6.07) is 5.26. The summed E-state index contributed by atoms with van der Waals surface area (Å²) in [7, 11) is 0. The third-order valence-corrected chi connectivity index (χ3v) is 4.84. The second-order valence-corrected chi connectivity index (χ2v) is 6.96. The molecule has 1 saturated heterocycles. The van der Waals surface area contributed by atoms with Gasteiger partial charge in [0.25, 0.3) is 11.8 Å². The van der Waals surface area contributed by atoms with E-state index < -0.39 is 35.7 Å². The van der Waals surface area contributed by atoms with Crippen molar-refractivity contribution in [3.63, 3.8) is 0 Å². The molecule has 1 fully saturated rings. The van der Waals surface area contributed by atoms with Crippen LogP contribution in [0.4, 0.5) is 10.5 Å². The fraction of sp³-hybridized carbons (Fsp3) is 0.167. The molecule has 0 radical (unpaired) electrons. The highest BCUT2D eigenvalue weighted by molar-refractivity contribution is 7.08. The van der Waals surface area contributed by atoms with Gasteiger partial charge in [-0.2, -0.15) is 11.3 Å². The first kappa shape index (κ1) is 20.0. The van der Waals surface area contributed by atoms with Crippen LogP contribution in [0.5, 0.6) is 0 Å². The number of carbonyl (C=O) groups excluding carboxylic acids is 5. The summed E-state index contributed by atoms with van der Waals surface area (Å²) >= 11 is 1.20. The summed E-state index contributed by atoms with van der Waals surface area (Å²) in [5.41, 5.74) is 6.78. The van der Waals surface area contributed by atoms with E-state index in [9.17, 15) is 24.0 Å². The number of amides is 6. The van der Waals surface area contributed by atoms with E-state index in [1.165, 1.54) is 22.1 Å². The minimum Gasteiger partial charge on any atom is -0.366 e. The molecule has 1 aliphatic heterocycles. The third kappa shape index (κ3) is 4.96. The zero-order valence-electron chi connectivity index (χ0n) is 15.0. The molecule has 0 saturated carbocycles. The van der Waals surface area contributed by atoms with Gasteiger partial charge in [-0.25, -0.2) is 4.79 Å². The maximum atomic E-state index is 12.4. The number of hydrogen-bond acceptors (Lipinski definition) is 6. The van der Waals surface area contributed by atoms with E-state index >= 15 is 0 Å². The van der Waals surface area contributed by atoms with Gasteiger partial charge in [-0.3, -0.25) is 24.5 Å². The molecule has 2 aromatic rings. The van der Waals surface area contributed by atoms with E-state index in [2.05, 4.69) is 21.3 Å². The smallest absolute Gasteiger partial charge is 0.322 e. The highest BCUT2D eigenvalue weighted by Crippen LogP contribution is 2.18. The normalized spacial score (nSPS) is 15.4. The highest BCUT2D eigenvalue weighted by atomic mass is 32.1. The molecule has 1 aromatic carbocycles. The average Bonchev–Trinajstić information content (AvgIpc) is 3.27. The molecule has 10 nitrogen and oxygen atoms in total. The van der Waals surface area contributed by atoms with Gasteiger partial charge in [0.15, 0.2) is 0 Å². The van der Waals surface area contributed by atoms with Crippen LogP contribution in [0.2, 0.25) is 0 Å². The number of rotatable bonds is 7. The Morgan fingerprint density at radius 1 is 1.14 bits per heavy atom. The lowest BCUT2D eigenvalue weighted by Crippen LogP contribution is -2.36. The number of urea groups is 1. The second kappa shape index (κ2) is 8.52. The van der Waals surface area contributed by atoms with Gasteiger partial charge in [-0.15, -0.1) is 0 Å². The van der Waals surface area contributed by atoms with Crippen LogP contribution in [0.3, 0.4) is 0 Å². The Labute approximate surface area is 168 Å². The molecule has 0 spiro atoms. The Bertz CT molecular complexity index is 1000. The predicted octanol–water partition coefficient (Wildman–Crippen LogP) is 0.314. The Balaban J connectivity index is 1.57. The molecular formula is C18H17N5O5S. The van der Waals surface area contributed by atoms with Crippen LogP contribution in [0.25, 0.3) is 0 Å². The molecule has 2 heterocycles. The quantitative estimate of drug-likeness (QED) is 0.411.